The van der Waals surface area contributed by atoms with Crippen LogP contribution < -0.4 is 5.32 Å². The quantitative estimate of drug-likeness (QED) is 0.747. The van der Waals surface area contributed by atoms with Crippen molar-refractivity contribution < 1.29 is 5.11 Å². The van der Waals surface area contributed by atoms with Gasteiger partial charge in [0.15, 0.2) is 0 Å². The number of aromatic hydroxyl groups is 1. The fraction of sp³-hybridized carbons (Fsp3) is 0.455. The van der Waals surface area contributed by atoms with E-state index in [4.69, 9.17) is 0 Å². The number of rotatable bonds is 3. The molecule has 0 saturated heterocycles. The van der Waals surface area contributed by atoms with Crippen LogP contribution in [-0.4, -0.2) is 11.1 Å². The van der Waals surface area contributed by atoms with Crippen LogP contribution in [-0.2, 0) is 0 Å². The fourth-order valence-corrected chi connectivity index (χ4v) is 1.44. The van der Waals surface area contributed by atoms with Gasteiger partial charge in [0.1, 0.15) is 5.75 Å². The van der Waals surface area contributed by atoms with Crippen LogP contribution in [0.4, 0.5) is 0 Å². The predicted molar refractivity (Wildman–Crippen MR) is 54.8 cm³/mol. The SMILES string of the molecule is CC(C)N[C@@H](C)c1ccccc1O. The zero-order chi connectivity index (χ0) is 9.84. The van der Waals surface area contributed by atoms with E-state index in [2.05, 4.69) is 26.1 Å². The highest BCUT2D eigenvalue weighted by molar-refractivity contribution is 5.34. The van der Waals surface area contributed by atoms with Crippen molar-refractivity contribution in [1.29, 1.82) is 0 Å². The highest BCUT2D eigenvalue weighted by atomic mass is 16.3. The Morgan fingerprint density at radius 3 is 2.31 bits per heavy atom. The maximum Gasteiger partial charge on any atom is 0.120 e. The minimum atomic E-state index is 0.196. The lowest BCUT2D eigenvalue weighted by atomic mass is 10.1. The standard InChI is InChI=1S/C11H17NO/c1-8(2)12-9(3)10-6-4-5-7-11(10)13/h4-9,12-13H,1-3H3/t9-/m0/s1. The van der Waals surface area contributed by atoms with Crippen molar-refractivity contribution in [2.75, 3.05) is 0 Å². The Kier molecular flexibility index (Phi) is 3.32. The summed E-state index contributed by atoms with van der Waals surface area (Å²) < 4.78 is 0. The Morgan fingerprint density at radius 1 is 1.15 bits per heavy atom. The summed E-state index contributed by atoms with van der Waals surface area (Å²) in [6.07, 6.45) is 0. The van der Waals surface area contributed by atoms with Crippen molar-refractivity contribution in [3.8, 4) is 5.75 Å². The zero-order valence-corrected chi connectivity index (χ0v) is 8.41. The Balaban J connectivity index is 2.76. The van der Waals surface area contributed by atoms with Gasteiger partial charge in [0.05, 0.1) is 0 Å². The van der Waals surface area contributed by atoms with E-state index in [-0.39, 0.29) is 6.04 Å². The van der Waals surface area contributed by atoms with E-state index in [9.17, 15) is 5.11 Å². The third-order valence-corrected chi connectivity index (χ3v) is 1.99. The molecule has 0 aliphatic heterocycles. The topological polar surface area (TPSA) is 32.3 Å². The first-order chi connectivity index (χ1) is 6.11. The van der Waals surface area contributed by atoms with Gasteiger partial charge in [-0.2, -0.15) is 0 Å². The van der Waals surface area contributed by atoms with Gasteiger partial charge in [-0.3, -0.25) is 0 Å². The van der Waals surface area contributed by atoms with Crippen molar-refractivity contribution in [2.45, 2.75) is 32.9 Å². The predicted octanol–water partition coefficient (Wildman–Crippen LogP) is 2.45. The number of phenolic OH excluding ortho intramolecular Hbond substituents is 1. The smallest absolute Gasteiger partial charge is 0.120 e. The molecule has 2 heteroatoms. The van der Waals surface area contributed by atoms with Gasteiger partial charge >= 0.3 is 0 Å². The molecule has 2 nitrogen and oxygen atoms in total. The third-order valence-electron chi connectivity index (χ3n) is 1.99. The van der Waals surface area contributed by atoms with Crippen LogP contribution >= 0.6 is 0 Å². The van der Waals surface area contributed by atoms with Crippen molar-refractivity contribution in [3.05, 3.63) is 29.8 Å². The molecule has 1 aromatic carbocycles. The highest BCUT2D eigenvalue weighted by Gasteiger charge is 2.09. The number of nitrogens with one attached hydrogen (secondary N) is 1. The Bertz CT molecular complexity index is 271. The van der Waals surface area contributed by atoms with E-state index in [1.807, 2.05) is 18.2 Å². The lowest BCUT2D eigenvalue weighted by molar-refractivity contribution is 0.442. The molecule has 0 aliphatic rings. The Labute approximate surface area is 79.6 Å². The van der Waals surface area contributed by atoms with Crippen LogP contribution in [0.1, 0.15) is 32.4 Å². The van der Waals surface area contributed by atoms with Gasteiger partial charge in [0.25, 0.3) is 0 Å². The molecule has 0 amide bonds. The summed E-state index contributed by atoms with van der Waals surface area (Å²) >= 11 is 0. The molecule has 0 aliphatic carbocycles. The lowest BCUT2D eigenvalue weighted by Crippen LogP contribution is -2.25. The van der Waals surface area contributed by atoms with Gasteiger partial charge in [-0.15, -0.1) is 0 Å². The largest absolute Gasteiger partial charge is 0.508 e. The summed E-state index contributed by atoms with van der Waals surface area (Å²) in [5, 5.41) is 12.9. The van der Waals surface area contributed by atoms with E-state index in [1.54, 1.807) is 6.07 Å². The molecule has 2 N–H and O–H groups in total. The molecule has 13 heavy (non-hydrogen) atoms. The summed E-state index contributed by atoms with van der Waals surface area (Å²) in [4.78, 5) is 0. The van der Waals surface area contributed by atoms with Gasteiger partial charge < -0.3 is 10.4 Å². The molecule has 0 unspecified atom stereocenters. The maximum absolute atomic E-state index is 9.55. The van der Waals surface area contributed by atoms with Gasteiger partial charge in [-0.05, 0) is 13.0 Å². The molecule has 1 rings (SSSR count). The molecular weight excluding hydrogens is 162 g/mol. The zero-order valence-electron chi connectivity index (χ0n) is 8.41. The molecule has 72 valence electrons. The van der Waals surface area contributed by atoms with E-state index < -0.39 is 0 Å². The van der Waals surface area contributed by atoms with Crippen LogP contribution in [0.5, 0.6) is 5.75 Å². The Morgan fingerprint density at radius 2 is 1.77 bits per heavy atom. The first kappa shape index (κ1) is 10.1. The van der Waals surface area contributed by atoms with Crippen LogP contribution in [0.25, 0.3) is 0 Å². The minimum Gasteiger partial charge on any atom is -0.508 e. The first-order valence-corrected chi connectivity index (χ1v) is 4.65. The summed E-state index contributed by atoms with van der Waals surface area (Å²) in [6, 6.07) is 8.05. The monoisotopic (exact) mass is 179 g/mol. The van der Waals surface area contributed by atoms with E-state index in [0.29, 0.717) is 11.8 Å². The highest BCUT2D eigenvalue weighted by Crippen LogP contribution is 2.23. The molecule has 0 bridgehead atoms. The summed E-state index contributed by atoms with van der Waals surface area (Å²) in [5.74, 6) is 0.364. The number of benzene rings is 1. The lowest BCUT2D eigenvalue weighted by Gasteiger charge is -2.17. The maximum atomic E-state index is 9.55. The van der Waals surface area contributed by atoms with Crippen LogP contribution in [0.3, 0.4) is 0 Å². The second-order valence-electron chi connectivity index (χ2n) is 3.60. The molecule has 0 fully saturated rings. The van der Waals surface area contributed by atoms with Gasteiger partial charge in [0, 0.05) is 17.6 Å². The van der Waals surface area contributed by atoms with Gasteiger partial charge in [-0.25, -0.2) is 0 Å². The average Bonchev–Trinajstić information content (AvgIpc) is 2.03. The van der Waals surface area contributed by atoms with Crippen molar-refractivity contribution >= 4 is 0 Å². The fourth-order valence-electron chi connectivity index (χ4n) is 1.44. The van der Waals surface area contributed by atoms with Crippen molar-refractivity contribution in [1.82, 2.24) is 5.32 Å². The number of hydrogen-bond donors (Lipinski definition) is 2. The molecule has 0 radical (unpaired) electrons. The van der Waals surface area contributed by atoms with E-state index in [0.717, 1.165) is 5.56 Å². The van der Waals surface area contributed by atoms with Crippen LogP contribution in [0, 0.1) is 0 Å². The number of para-hydroxylation sites is 1. The molecule has 0 aromatic heterocycles. The van der Waals surface area contributed by atoms with Crippen LogP contribution in [0.2, 0.25) is 0 Å². The summed E-state index contributed by atoms with van der Waals surface area (Å²) in [7, 11) is 0. The molecule has 0 saturated carbocycles. The van der Waals surface area contributed by atoms with Crippen molar-refractivity contribution in [3.63, 3.8) is 0 Å². The summed E-state index contributed by atoms with van der Waals surface area (Å²) in [5.41, 5.74) is 0.955. The minimum absolute atomic E-state index is 0.196. The molecule has 0 heterocycles. The van der Waals surface area contributed by atoms with Gasteiger partial charge in [0.2, 0.25) is 0 Å². The molecule has 1 atom stereocenters. The summed E-state index contributed by atoms with van der Waals surface area (Å²) in [6.45, 7) is 6.24. The Hall–Kier alpha value is -1.02. The number of hydrogen-bond acceptors (Lipinski definition) is 2. The molecular formula is C11H17NO. The second kappa shape index (κ2) is 4.28. The van der Waals surface area contributed by atoms with Crippen LogP contribution in [0.15, 0.2) is 24.3 Å². The second-order valence-corrected chi connectivity index (χ2v) is 3.60. The first-order valence-electron chi connectivity index (χ1n) is 4.65. The molecule has 0 spiro atoms. The third kappa shape index (κ3) is 2.74. The van der Waals surface area contributed by atoms with E-state index in [1.165, 1.54) is 0 Å². The molecule has 1 aromatic rings. The van der Waals surface area contributed by atoms with Crippen molar-refractivity contribution in [2.24, 2.45) is 0 Å². The normalized spacial score (nSPS) is 13.2. The number of phenols is 1. The average molecular weight is 179 g/mol. The van der Waals surface area contributed by atoms with E-state index >= 15 is 0 Å². The van der Waals surface area contributed by atoms with Gasteiger partial charge in [-0.1, -0.05) is 32.0 Å².